The molecule has 1 aliphatic rings. The highest BCUT2D eigenvalue weighted by molar-refractivity contribution is 6.96. The number of halogens is 9. The lowest BCUT2D eigenvalue weighted by Crippen LogP contribution is -2.85. The Labute approximate surface area is 153 Å². The average Bonchev–Trinajstić information content (AvgIpc) is 2.43. The van der Waals surface area contributed by atoms with Crippen LogP contribution in [0.25, 0.3) is 0 Å². The van der Waals surface area contributed by atoms with Gasteiger partial charge in [-0.1, -0.05) is 0 Å². The van der Waals surface area contributed by atoms with Crippen molar-refractivity contribution in [2.75, 3.05) is 0 Å². The Morgan fingerprint density at radius 2 is 0.926 bits per heavy atom. The summed E-state index contributed by atoms with van der Waals surface area (Å²) in [4.78, 5) is 0. The molecule has 0 saturated carbocycles. The second kappa shape index (κ2) is 7.00. The summed E-state index contributed by atoms with van der Waals surface area (Å²) in [6.07, 6.45) is -9.70. The lowest BCUT2D eigenvalue weighted by molar-refractivity contribution is -0.108. The van der Waals surface area contributed by atoms with E-state index in [0.29, 0.717) is 13.5 Å². The third-order valence-corrected chi connectivity index (χ3v) is 17.7. The highest BCUT2D eigenvalue weighted by Gasteiger charge is 2.86. The van der Waals surface area contributed by atoms with Crippen molar-refractivity contribution in [3.8, 4) is 0 Å². The van der Waals surface area contributed by atoms with Crippen LogP contribution in [-0.4, -0.2) is 60.8 Å². The molecule has 15 heteroatoms. The largest absolute Gasteiger partial charge is 0.477 e. The van der Waals surface area contributed by atoms with E-state index >= 15 is 0 Å². The van der Waals surface area contributed by atoms with Gasteiger partial charge < -0.3 is 12.3 Å². The van der Waals surface area contributed by atoms with Crippen molar-refractivity contribution in [2.24, 2.45) is 0 Å². The summed E-state index contributed by atoms with van der Waals surface area (Å²) in [6, 6.07) is 0. The fourth-order valence-corrected chi connectivity index (χ4v) is 18.5. The summed E-state index contributed by atoms with van der Waals surface area (Å²) in [6.45, 7) is 2.92. The van der Waals surface area contributed by atoms with Crippen LogP contribution in [0.3, 0.4) is 0 Å². The molecule has 0 aromatic carbocycles. The Bertz CT molecular complexity index is 539. The lowest BCUT2D eigenvalue weighted by atomic mass is 10.4. The van der Waals surface area contributed by atoms with E-state index < -0.39 is 60.8 Å². The summed E-state index contributed by atoms with van der Waals surface area (Å²) in [5, 5.41) is 0. The van der Waals surface area contributed by atoms with Crippen LogP contribution < -0.4 is 0 Å². The minimum atomic E-state index is -6.76. The van der Waals surface area contributed by atoms with Crippen molar-refractivity contribution in [3.63, 3.8) is 0 Å². The maximum absolute atomic E-state index is 14.7. The van der Waals surface area contributed by atoms with Crippen LogP contribution in [0.4, 0.5) is 39.5 Å². The zero-order valence-corrected chi connectivity index (χ0v) is 18.4. The Morgan fingerprint density at radius 1 is 0.593 bits per heavy atom. The highest BCUT2D eigenvalue weighted by Crippen LogP contribution is 2.53. The van der Waals surface area contributed by atoms with Gasteiger partial charge in [0.05, 0.1) is 0 Å². The molecule has 1 fully saturated rings. The van der Waals surface area contributed by atoms with E-state index in [4.69, 9.17) is 8.23 Å². The monoisotopic (exact) mass is 468 g/mol. The zero-order valence-electron chi connectivity index (χ0n) is 15.4. The van der Waals surface area contributed by atoms with Crippen LogP contribution >= 0.6 is 0 Å². The van der Waals surface area contributed by atoms with Crippen LogP contribution in [0.5, 0.6) is 0 Å². The van der Waals surface area contributed by atoms with E-state index in [0.717, 1.165) is 13.1 Å². The summed E-state index contributed by atoms with van der Waals surface area (Å²) < 4.78 is 142. The molecule has 0 bridgehead atoms. The standard InChI is InChI=1S/C12H21F9O3Si3/c1-7(13)10(16,17)26(6)22-25(4,5)23-27(24-26,11(18,19)8(2)14)12(20,21)9(3)15/h7-9H,1-6H3. The van der Waals surface area contributed by atoms with Crippen molar-refractivity contribution in [3.05, 3.63) is 0 Å². The Morgan fingerprint density at radius 3 is 1.22 bits per heavy atom. The van der Waals surface area contributed by atoms with Crippen LogP contribution in [0.15, 0.2) is 0 Å². The van der Waals surface area contributed by atoms with Gasteiger partial charge in [0.2, 0.25) is 0 Å². The Balaban J connectivity index is 3.83. The van der Waals surface area contributed by atoms with E-state index in [9.17, 15) is 39.5 Å². The molecule has 0 amide bonds. The summed E-state index contributed by atoms with van der Waals surface area (Å²) in [7, 11) is -16.5. The van der Waals surface area contributed by atoms with E-state index in [1.54, 1.807) is 0 Å². The van der Waals surface area contributed by atoms with Crippen LogP contribution in [0.2, 0.25) is 19.6 Å². The van der Waals surface area contributed by atoms with Crippen molar-refractivity contribution in [1.82, 2.24) is 0 Å². The minimum Gasteiger partial charge on any atom is -0.412 e. The lowest BCUT2D eigenvalue weighted by Gasteiger charge is -2.55. The first-order chi connectivity index (χ1) is 11.7. The third kappa shape index (κ3) is 3.74. The molecule has 0 aromatic rings. The van der Waals surface area contributed by atoms with Gasteiger partial charge in [-0.2, -0.15) is 0 Å². The number of hydrogen-bond acceptors (Lipinski definition) is 3. The predicted molar refractivity (Wildman–Crippen MR) is 84.7 cm³/mol. The van der Waals surface area contributed by atoms with Crippen LogP contribution in [0, 0.1) is 0 Å². The Kier molecular flexibility index (Phi) is 6.46. The average molecular weight is 469 g/mol. The molecule has 0 radical (unpaired) electrons. The minimum absolute atomic E-state index is 0.194. The third-order valence-electron chi connectivity index (χ3n) is 4.15. The smallest absolute Gasteiger partial charge is 0.412 e. The summed E-state index contributed by atoms with van der Waals surface area (Å²) in [5.41, 5.74) is -14.8. The van der Waals surface area contributed by atoms with Gasteiger partial charge in [0.1, 0.15) is 0 Å². The molecule has 0 N–H and O–H groups in total. The van der Waals surface area contributed by atoms with Crippen molar-refractivity contribution >= 4 is 25.7 Å². The molecule has 4 atom stereocenters. The van der Waals surface area contributed by atoms with E-state index in [2.05, 4.69) is 4.12 Å². The zero-order chi connectivity index (χ0) is 21.9. The molecule has 162 valence electrons. The molecule has 1 saturated heterocycles. The first-order valence-corrected chi connectivity index (χ1v) is 14.8. The van der Waals surface area contributed by atoms with Crippen molar-refractivity contribution in [2.45, 2.75) is 75.6 Å². The fourth-order valence-electron chi connectivity index (χ4n) is 2.67. The van der Waals surface area contributed by atoms with Gasteiger partial charge in [-0.25, -0.2) is 39.5 Å². The quantitative estimate of drug-likeness (QED) is 0.412. The summed E-state index contributed by atoms with van der Waals surface area (Å²) >= 11 is 0. The first kappa shape index (κ1) is 24.9. The normalized spacial score (nSPS) is 33.4. The molecule has 0 aromatic heterocycles. The first-order valence-electron chi connectivity index (χ1n) is 7.86. The van der Waals surface area contributed by atoms with Crippen LogP contribution in [0.1, 0.15) is 20.8 Å². The Hall–Kier alpha value is -0.0994. The van der Waals surface area contributed by atoms with Crippen LogP contribution in [-0.2, 0) is 12.3 Å². The van der Waals surface area contributed by atoms with E-state index in [-0.39, 0.29) is 13.8 Å². The highest BCUT2D eigenvalue weighted by atomic mass is 28.5. The molecule has 4 unspecified atom stereocenters. The number of alkyl halides is 9. The SMILES string of the molecule is CC(F)C(F)(F)[Si]1(C)O[Si](C)(C)O[Si](C(F)(F)C(C)F)(C(F)(F)C(C)F)O1. The summed E-state index contributed by atoms with van der Waals surface area (Å²) in [5.74, 6) is 0. The number of rotatable bonds is 6. The van der Waals surface area contributed by atoms with Gasteiger partial charge >= 0.3 is 42.3 Å². The van der Waals surface area contributed by atoms with Crippen molar-refractivity contribution in [1.29, 1.82) is 0 Å². The van der Waals surface area contributed by atoms with Crippen molar-refractivity contribution < 1.29 is 51.9 Å². The van der Waals surface area contributed by atoms with Gasteiger partial charge in [-0.15, -0.1) is 0 Å². The van der Waals surface area contributed by atoms with E-state index in [1.165, 1.54) is 0 Å². The number of hydrogen-bond donors (Lipinski definition) is 0. The van der Waals surface area contributed by atoms with E-state index in [1.807, 2.05) is 0 Å². The molecule has 0 aliphatic carbocycles. The molecular formula is C12H21F9O3Si3. The van der Waals surface area contributed by atoms with Gasteiger partial charge in [-0.05, 0) is 40.4 Å². The second-order valence-electron chi connectivity index (χ2n) is 6.99. The second-order valence-corrected chi connectivity index (χ2v) is 17.4. The molecule has 1 rings (SSSR count). The fraction of sp³-hybridized carbons (Fsp3) is 1.00. The van der Waals surface area contributed by atoms with Gasteiger partial charge in [-0.3, -0.25) is 0 Å². The molecule has 3 nitrogen and oxygen atoms in total. The molecule has 27 heavy (non-hydrogen) atoms. The van der Waals surface area contributed by atoms with Gasteiger partial charge in [0.15, 0.2) is 18.5 Å². The maximum atomic E-state index is 14.7. The molecule has 0 spiro atoms. The maximum Gasteiger partial charge on any atom is 0.477 e. The molecule has 1 aliphatic heterocycles. The van der Waals surface area contributed by atoms with Gasteiger partial charge in [0.25, 0.3) is 0 Å². The molecule has 1 heterocycles. The topological polar surface area (TPSA) is 27.7 Å². The molecular weight excluding hydrogens is 447 g/mol. The predicted octanol–water partition coefficient (Wildman–Crippen LogP) is 4.86. The van der Waals surface area contributed by atoms with Gasteiger partial charge in [0, 0.05) is 0 Å².